The SMILES string of the molecule is C=Cc1c(/C=C\C)sc2cc(-c3ccc4c(c3)oc3cccc(-c5ccc6oc7cccc(C=NCc8ccc9c(c8)sc8ccccc89)c7c6c5)c34)ccc12. The fourth-order valence-corrected chi connectivity index (χ4v) is 10.7. The van der Waals surface area contributed by atoms with Gasteiger partial charge in [0.1, 0.15) is 22.3 Å². The Morgan fingerprint density at radius 2 is 1.32 bits per heavy atom. The Bertz CT molecular complexity index is 3440. The van der Waals surface area contributed by atoms with E-state index < -0.39 is 0 Å². The smallest absolute Gasteiger partial charge is 0.136 e. The quantitative estimate of drug-likeness (QED) is 0.152. The van der Waals surface area contributed by atoms with Crippen LogP contribution in [0.15, 0.2) is 160 Å². The summed E-state index contributed by atoms with van der Waals surface area (Å²) in [6.07, 6.45) is 8.20. The summed E-state index contributed by atoms with van der Waals surface area (Å²) < 4.78 is 16.8. The van der Waals surface area contributed by atoms with Gasteiger partial charge in [0.2, 0.25) is 0 Å². The van der Waals surface area contributed by atoms with E-state index in [1.54, 1.807) is 11.3 Å². The zero-order valence-electron chi connectivity index (χ0n) is 30.5. The molecule has 0 radical (unpaired) electrons. The van der Waals surface area contributed by atoms with Gasteiger partial charge in [-0.2, -0.15) is 0 Å². The predicted octanol–water partition coefficient (Wildman–Crippen LogP) is 15.7. The molecule has 11 rings (SSSR count). The van der Waals surface area contributed by atoms with Gasteiger partial charge in [-0.3, -0.25) is 4.99 Å². The molecule has 0 amide bonds. The Hall–Kier alpha value is -6.53. The van der Waals surface area contributed by atoms with E-state index in [-0.39, 0.29) is 0 Å². The number of furan rings is 2. The third kappa shape index (κ3) is 5.27. The minimum absolute atomic E-state index is 0.606. The zero-order chi connectivity index (χ0) is 37.3. The van der Waals surface area contributed by atoms with Crippen molar-refractivity contribution in [3.63, 3.8) is 0 Å². The van der Waals surface area contributed by atoms with E-state index in [1.807, 2.05) is 35.8 Å². The molecular formula is C51H33NO2S2. The Kier molecular flexibility index (Phi) is 7.66. The van der Waals surface area contributed by atoms with E-state index in [4.69, 9.17) is 13.8 Å². The van der Waals surface area contributed by atoms with Gasteiger partial charge in [-0.1, -0.05) is 97.6 Å². The number of hydrogen-bond acceptors (Lipinski definition) is 5. The number of rotatable bonds is 7. The van der Waals surface area contributed by atoms with Crippen LogP contribution < -0.4 is 0 Å². The lowest BCUT2D eigenvalue weighted by Crippen LogP contribution is -1.86. The summed E-state index contributed by atoms with van der Waals surface area (Å²) >= 11 is 3.64. The molecule has 5 heteroatoms. The molecule has 7 aromatic carbocycles. The highest BCUT2D eigenvalue weighted by atomic mass is 32.1. The molecule has 0 aliphatic heterocycles. The summed E-state index contributed by atoms with van der Waals surface area (Å²) in [4.78, 5) is 6.17. The molecule has 4 heterocycles. The van der Waals surface area contributed by atoms with Crippen LogP contribution in [0.5, 0.6) is 0 Å². The van der Waals surface area contributed by atoms with Crippen LogP contribution in [0, 0.1) is 0 Å². The molecule has 0 aliphatic carbocycles. The lowest BCUT2D eigenvalue weighted by molar-refractivity contribution is 0.669. The molecule has 266 valence electrons. The normalized spacial score (nSPS) is 12.4. The van der Waals surface area contributed by atoms with Gasteiger partial charge in [0.15, 0.2) is 0 Å². The fourth-order valence-electron chi connectivity index (χ4n) is 8.29. The molecular weight excluding hydrogens is 723 g/mol. The molecule has 0 N–H and O–H groups in total. The summed E-state index contributed by atoms with van der Waals surface area (Å²) in [5.74, 6) is 0. The minimum Gasteiger partial charge on any atom is -0.456 e. The maximum atomic E-state index is 6.56. The highest BCUT2D eigenvalue weighted by Gasteiger charge is 2.17. The van der Waals surface area contributed by atoms with Gasteiger partial charge in [-0.25, -0.2) is 0 Å². The number of aliphatic imine (C=N–C) groups is 1. The van der Waals surface area contributed by atoms with E-state index >= 15 is 0 Å². The zero-order valence-corrected chi connectivity index (χ0v) is 32.1. The summed E-state index contributed by atoms with van der Waals surface area (Å²) in [5.41, 5.74) is 11.4. The van der Waals surface area contributed by atoms with Crippen molar-refractivity contribution >= 4 is 115 Å². The third-order valence-electron chi connectivity index (χ3n) is 10.9. The highest BCUT2D eigenvalue weighted by Crippen LogP contribution is 2.42. The highest BCUT2D eigenvalue weighted by molar-refractivity contribution is 7.25. The van der Waals surface area contributed by atoms with Crippen molar-refractivity contribution in [3.05, 3.63) is 168 Å². The largest absolute Gasteiger partial charge is 0.456 e. The molecule has 0 unspecified atom stereocenters. The lowest BCUT2D eigenvalue weighted by atomic mass is 9.96. The second-order valence-electron chi connectivity index (χ2n) is 14.2. The van der Waals surface area contributed by atoms with Crippen LogP contribution in [0.1, 0.15) is 28.5 Å². The fraction of sp³-hybridized carbons (Fsp3) is 0.0392. The minimum atomic E-state index is 0.606. The second kappa shape index (κ2) is 13.1. The van der Waals surface area contributed by atoms with Gasteiger partial charge in [0, 0.05) is 68.5 Å². The van der Waals surface area contributed by atoms with Crippen LogP contribution in [-0.2, 0) is 6.54 Å². The molecule has 56 heavy (non-hydrogen) atoms. The predicted molar refractivity (Wildman–Crippen MR) is 243 cm³/mol. The Morgan fingerprint density at radius 1 is 0.571 bits per heavy atom. The lowest BCUT2D eigenvalue weighted by Gasteiger charge is -2.05. The van der Waals surface area contributed by atoms with Gasteiger partial charge in [-0.05, 0) is 101 Å². The molecule has 4 aromatic heterocycles. The Labute approximate surface area is 330 Å². The molecule has 0 spiro atoms. The van der Waals surface area contributed by atoms with Crippen molar-refractivity contribution in [3.8, 4) is 22.3 Å². The summed E-state index contributed by atoms with van der Waals surface area (Å²) in [5, 5.41) is 8.21. The van der Waals surface area contributed by atoms with E-state index in [9.17, 15) is 0 Å². The van der Waals surface area contributed by atoms with Crippen LogP contribution in [0.2, 0.25) is 0 Å². The van der Waals surface area contributed by atoms with Crippen molar-refractivity contribution < 1.29 is 8.83 Å². The number of benzene rings is 7. The molecule has 0 saturated carbocycles. The number of nitrogens with zero attached hydrogens (tertiary/aromatic N) is 1. The first-order chi connectivity index (χ1) is 27.6. The van der Waals surface area contributed by atoms with E-state index in [0.29, 0.717) is 6.54 Å². The Balaban J connectivity index is 0.952. The third-order valence-corrected chi connectivity index (χ3v) is 13.2. The standard InChI is InChI=1S/C51H33NO2S2/c1-3-9-46-35(4-2)38-21-17-32(27-49(38)55-46)31-18-22-40-45(26-31)54-44-14-8-12-36(51(40)44)33-19-23-42-41(25-33)50-34(10-7-13-43(50)53-42)29-52-28-30-16-20-39-37-11-5-6-15-47(37)56-48(39)24-30/h3-27,29H,2,28H2,1H3/b9-3-,52-29?. The van der Waals surface area contributed by atoms with E-state index in [1.165, 1.54) is 46.3 Å². The maximum Gasteiger partial charge on any atom is 0.136 e. The number of thiophene rings is 2. The van der Waals surface area contributed by atoms with Crippen molar-refractivity contribution in [1.82, 2.24) is 0 Å². The van der Waals surface area contributed by atoms with Crippen LogP contribution >= 0.6 is 22.7 Å². The average Bonchev–Trinajstić information content (AvgIpc) is 3.99. The van der Waals surface area contributed by atoms with E-state index in [2.05, 4.69) is 147 Å². The first-order valence-corrected chi connectivity index (χ1v) is 20.4. The molecule has 11 aromatic rings. The first-order valence-electron chi connectivity index (χ1n) is 18.8. The monoisotopic (exact) mass is 755 g/mol. The van der Waals surface area contributed by atoms with Crippen molar-refractivity contribution in [2.45, 2.75) is 13.5 Å². The molecule has 0 aliphatic rings. The molecule has 0 bridgehead atoms. The van der Waals surface area contributed by atoms with Gasteiger partial charge in [0.25, 0.3) is 0 Å². The summed E-state index contributed by atoms with van der Waals surface area (Å²) in [6.45, 7) is 6.73. The van der Waals surface area contributed by atoms with Crippen molar-refractivity contribution in [2.24, 2.45) is 4.99 Å². The van der Waals surface area contributed by atoms with Crippen LogP contribution in [0.3, 0.4) is 0 Å². The van der Waals surface area contributed by atoms with Crippen LogP contribution in [-0.4, -0.2) is 6.21 Å². The average molecular weight is 756 g/mol. The van der Waals surface area contributed by atoms with Gasteiger partial charge >= 0.3 is 0 Å². The number of hydrogen-bond donors (Lipinski definition) is 0. The van der Waals surface area contributed by atoms with Crippen molar-refractivity contribution in [1.29, 1.82) is 0 Å². The van der Waals surface area contributed by atoms with Crippen molar-refractivity contribution in [2.75, 3.05) is 0 Å². The maximum absolute atomic E-state index is 6.56. The van der Waals surface area contributed by atoms with Crippen LogP contribution in [0.25, 0.3) is 109 Å². The molecule has 0 atom stereocenters. The number of fused-ring (bicyclic) bond motifs is 10. The molecule has 3 nitrogen and oxygen atoms in total. The van der Waals surface area contributed by atoms with Gasteiger partial charge in [0.05, 0.1) is 6.54 Å². The topological polar surface area (TPSA) is 38.6 Å². The summed E-state index contributed by atoms with van der Waals surface area (Å²) in [6, 6.07) is 47.7. The summed E-state index contributed by atoms with van der Waals surface area (Å²) in [7, 11) is 0. The van der Waals surface area contributed by atoms with Crippen LogP contribution in [0.4, 0.5) is 0 Å². The van der Waals surface area contributed by atoms with E-state index in [0.717, 1.165) is 71.7 Å². The van der Waals surface area contributed by atoms with Gasteiger partial charge < -0.3 is 8.83 Å². The first kappa shape index (κ1) is 32.9. The Morgan fingerprint density at radius 3 is 2.21 bits per heavy atom. The number of allylic oxidation sites excluding steroid dienone is 1. The van der Waals surface area contributed by atoms with Gasteiger partial charge in [-0.15, -0.1) is 22.7 Å². The molecule has 0 saturated heterocycles. The second-order valence-corrected chi connectivity index (χ2v) is 16.4. The molecule has 0 fully saturated rings.